The Bertz CT molecular complexity index is 638. The third kappa shape index (κ3) is 2.33. The maximum absolute atomic E-state index is 12.3. The first-order valence-electron chi connectivity index (χ1n) is 6.73. The minimum absolute atomic E-state index is 0.198. The van der Waals surface area contributed by atoms with Gasteiger partial charge >= 0.3 is 0 Å². The molecule has 104 valence electrons. The Balaban J connectivity index is 1.87. The van der Waals surface area contributed by atoms with Crippen molar-refractivity contribution in [2.75, 3.05) is 11.9 Å². The van der Waals surface area contributed by atoms with Gasteiger partial charge in [-0.3, -0.25) is 9.78 Å². The van der Waals surface area contributed by atoms with Crippen LogP contribution in [-0.4, -0.2) is 22.9 Å². The molecule has 2 aromatic heterocycles. The molecule has 0 radical (unpaired) electrons. The van der Waals surface area contributed by atoms with E-state index in [0.29, 0.717) is 5.92 Å². The van der Waals surface area contributed by atoms with E-state index < -0.39 is 0 Å². The van der Waals surface area contributed by atoms with Gasteiger partial charge in [0, 0.05) is 30.9 Å². The number of aromatic nitrogens is 2. The molecule has 2 atom stereocenters. The molecule has 0 spiro atoms. The van der Waals surface area contributed by atoms with E-state index in [2.05, 4.69) is 16.9 Å². The molecule has 2 heterocycles. The lowest BCUT2D eigenvalue weighted by atomic mass is 10.3. The third-order valence-corrected chi connectivity index (χ3v) is 5.03. The Kier molecular flexibility index (Phi) is 3.30. The molecule has 1 fully saturated rings. The fraction of sp³-hybridized carbons (Fsp3) is 0.400. The van der Waals surface area contributed by atoms with Crippen LogP contribution in [0.25, 0.3) is 10.6 Å². The van der Waals surface area contributed by atoms with Gasteiger partial charge in [0.15, 0.2) is 0 Å². The summed E-state index contributed by atoms with van der Waals surface area (Å²) in [6.45, 7) is 4.07. The summed E-state index contributed by atoms with van der Waals surface area (Å²) >= 11 is 1.55. The normalized spacial score (nSPS) is 20.8. The molecule has 2 unspecified atom stereocenters. The summed E-state index contributed by atoms with van der Waals surface area (Å²) in [7, 11) is 1.85. The molecule has 20 heavy (non-hydrogen) atoms. The first kappa shape index (κ1) is 13.2. The second kappa shape index (κ2) is 4.98. The molecule has 2 aromatic rings. The van der Waals surface area contributed by atoms with Gasteiger partial charge in [0.1, 0.15) is 10.0 Å². The minimum atomic E-state index is 0.198. The van der Waals surface area contributed by atoms with Crippen LogP contribution in [-0.2, 0) is 4.79 Å². The van der Waals surface area contributed by atoms with Gasteiger partial charge in [-0.2, -0.15) is 0 Å². The first-order valence-corrected chi connectivity index (χ1v) is 7.55. The first-order chi connectivity index (χ1) is 9.58. The Labute approximate surface area is 122 Å². The van der Waals surface area contributed by atoms with Gasteiger partial charge in [-0.15, -0.1) is 0 Å². The highest BCUT2D eigenvalue weighted by atomic mass is 32.1. The number of aryl methyl sites for hydroxylation is 1. The smallest absolute Gasteiger partial charge is 0.230 e. The maximum Gasteiger partial charge on any atom is 0.230 e. The van der Waals surface area contributed by atoms with Crippen LogP contribution in [0.2, 0.25) is 0 Å². The number of hydrogen-bond acceptors (Lipinski definition) is 4. The van der Waals surface area contributed by atoms with E-state index in [4.69, 9.17) is 0 Å². The van der Waals surface area contributed by atoms with Crippen LogP contribution in [0, 0.1) is 18.8 Å². The lowest BCUT2D eigenvalue weighted by Crippen LogP contribution is -2.27. The van der Waals surface area contributed by atoms with Crippen LogP contribution in [0.1, 0.15) is 19.0 Å². The van der Waals surface area contributed by atoms with Crippen LogP contribution < -0.4 is 4.90 Å². The van der Waals surface area contributed by atoms with Crippen molar-refractivity contribution in [2.45, 2.75) is 20.3 Å². The van der Waals surface area contributed by atoms with Crippen LogP contribution in [0.3, 0.4) is 0 Å². The van der Waals surface area contributed by atoms with Crippen molar-refractivity contribution in [3.63, 3.8) is 0 Å². The average molecular weight is 287 g/mol. The average Bonchev–Trinajstić information content (AvgIpc) is 3.06. The minimum Gasteiger partial charge on any atom is -0.305 e. The second-order valence-corrected chi connectivity index (χ2v) is 6.35. The molecular weight excluding hydrogens is 270 g/mol. The molecule has 0 N–H and O–H groups in total. The summed E-state index contributed by atoms with van der Waals surface area (Å²) in [5.74, 6) is 0.932. The Morgan fingerprint density at radius 3 is 2.85 bits per heavy atom. The Morgan fingerprint density at radius 2 is 2.25 bits per heavy atom. The fourth-order valence-electron chi connectivity index (χ4n) is 2.33. The summed E-state index contributed by atoms with van der Waals surface area (Å²) in [5, 5.41) is 1.85. The van der Waals surface area contributed by atoms with Gasteiger partial charge in [-0.25, -0.2) is 4.98 Å². The summed E-state index contributed by atoms with van der Waals surface area (Å²) in [6, 6.07) is 3.88. The molecule has 0 aliphatic heterocycles. The van der Waals surface area contributed by atoms with Crippen molar-refractivity contribution >= 4 is 22.2 Å². The highest BCUT2D eigenvalue weighted by molar-refractivity contribution is 7.19. The summed E-state index contributed by atoms with van der Waals surface area (Å²) < 4.78 is 0. The van der Waals surface area contributed by atoms with E-state index in [9.17, 15) is 4.79 Å². The number of carbonyl (C=O) groups excluding carboxylic acids is 1. The predicted molar refractivity (Wildman–Crippen MR) is 80.8 cm³/mol. The number of thiazole rings is 1. The SMILES string of the molecule is Cc1nc(-c2cccnc2)sc1N(C)C(=O)C1CC1C. The van der Waals surface area contributed by atoms with Crippen molar-refractivity contribution in [3.8, 4) is 10.6 Å². The van der Waals surface area contributed by atoms with Crippen molar-refractivity contribution in [1.29, 1.82) is 0 Å². The molecule has 1 saturated carbocycles. The van der Waals surface area contributed by atoms with E-state index in [1.807, 2.05) is 26.1 Å². The van der Waals surface area contributed by atoms with E-state index in [1.54, 1.807) is 28.6 Å². The zero-order valence-corrected chi connectivity index (χ0v) is 12.6. The van der Waals surface area contributed by atoms with E-state index in [0.717, 1.165) is 27.7 Å². The van der Waals surface area contributed by atoms with Crippen molar-refractivity contribution < 1.29 is 4.79 Å². The zero-order chi connectivity index (χ0) is 14.3. The molecule has 1 aliphatic carbocycles. The van der Waals surface area contributed by atoms with Gasteiger partial charge in [-0.05, 0) is 31.4 Å². The standard InChI is InChI=1S/C15H17N3OS/c1-9-7-12(9)14(19)18(3)15-10(2)17-13(20-15)11-5-4-6-16-8-11/h4-6,8-9,12H,7H2,1-3H3. The summed E-state index contributed by atoms with van der Waals surface area (Å²) in [5.41, 5.74) is 1.89. The maximum atomic E-state index is 12.3. The van der Waals surface area contributed by atoms with Gasteiger partial charge in [-0.1, -0.05) is 18.3 Å². The number of rotatable bonds is 3. The molecule has 1 aliphatic rings. The zero-order valence-electron chi connectivity index (χ0n) is 11.8. The number of carbonyl (C=O) groups is 1. The summed E-state index contributed by atoms with van der Waals surface area (Å²) in [4.78, 5) is 22.8. The number of amides is 1. The molecule has 1 amide bonds. The lowest BCUT2D eigenvalue weighted by molar-refractivity contribution is -0.119. The lowest BCUT2D eigenvalue weighted by Gasteiger charge is -2.15. The largest absolute Gasteiger partial charge is 0.305 e. The molecular formula is C15H17N3OS. The number of anilines is 1. The third-order valence-electron chi connectivity index (χ3n) is 3.74. The molecule has 5 heteroatoms. The van der Waals surface area contributed by atoms with Crippen LogP contribution in [0.4, 0.5) is 5.00 Å². The van der Waals surface area contributed by atoms with Crippen molar-refractivity contribution in [2.24, 2.45) is 11.8 Å². The van der Waals surface area contributed by atoms with E-state index in [-0.39, 0.29) is 11.8 Å². The number of pyridine rings is 1. The van der Waals surface area contributed by atoms with Gasteiger partial charge in [0.25, 0.3) is 0 Å². The Hall–Kier alpha value is -1.75. The molecule has 0 saturated heterocycles. The monoisotopic (exact) mass is 287 g/mol. The Morgan fingerprint density at radius 1 is 1.50 bits per heavy atom. The predicted octanol–water partition coefficient (Wildman–Crippen LogP) is 3.13. The fourth-order valence-corrected chi connectivity index (χ4v) is 3.35. The molecule has 0 bridgehead atoms. The van der Waals surface area contributed by atoms with Crippen LogP contribution in [0.15, 0.2) is 24.5 Å². The van der Waals surface area contributed by atoms with Gasteiger partial charge < -0.3 is 4.90 Å². The van der Waals surface area contributed by atoms with Crippen molar-refractivity contribution in [3.05, 3.63) is 30.2 Å². The van der Waals surface area contributed by atoms with E-state index >= 15 is 0 Å². The van der Waals surface area contributed by atoms with Crippen LogP contribution in [0.5, 0.6) is 0 Å². The topological polar surface area (TPSA) is 46.1 Å². The number of hydrogen-bond donors (Lipinski definition) is 0. The summed E-state index contributed by atoms with van der Waals surface area (Å²) in [6.07, 6.45) is 4.55. The van der Waals surface area contributed by atoms with Gasteiger partial charge in [0.2, 0.25) is 5.91 Å². The van der Waals surface area contributed by atoms with Gasteiger partial charge in [0.05, 0.1) is 5.69 Å². The van der Waals surface area contributed by atoms with E-state index in [1.165, 1.54) is 0 Å². The molecule has 0 aromatic carbocycles. The molecule has 3 rings (SSSR count). The van der Waals surface area contributed by atoms with Crippen LogP contribution >= 0.6 is 11.3 Å². The van der Waals surface area contributed by atoms with Crippen molar-refractivity contribution in [1.82, 2.24) is 9.97 Å². The molecule has 4 nitrogen and oxygen atoms in total. The number of nitrogens with zero attached hydrogens (tertiary/aromatic N) is 3. The quantitative estimate of drug-likeness (QED) is 0.871. The highest BCUT2D eigenvalue weighted by Crippen LogP contribution is 2.41. The highest BCUT2D eigenvalue weighted by Gasteiger charge is 2.41. The second-order valence-electron chi connectivity index (χ2n) is 5.37.